The van der Waals surface area contributed by atoms with E-state index in [4.69, 9.17) is 4.74 Å². The molecule has 0 radical (unpaired) electrons. The summed E-state index contributed by atoms with van der Waals surface area (Å²) in [5.74, 6) is 1.76. The van der Waals surface area contributed by atoms with Gasteiger partial charge in [0.2, 0.25) is 0 Å². The largest absolute Gasteiger partial charge is 0.417 e. The Hall–Kier alpha value is -0.290. The molecule has 0 aliphatic heterocycles. The van der Waals surface area contributed by atoms with E-state index in [2.05, 4.69) is 13.8 Å². The molecule has 5 heteroatoms. The number of hydrogen-bond acceptors (Lipinski definition) is 2. The van der Waals surface area contributed by atoms with Gasteiger partial charge in [-0.15, -0.1) is 0 Å². The summed E-state index contributed by atoms with van der Waals surface area (Å²) >= 11 is 0. The lowest BCUT2D eigenvalue weighted by Crippen LogP contribution is -2.59. The smallest absolute Gasteiger partial charge is 0.381 e. The molecule has 0 aromatic heterocycles. The Balaban J connectivity index is 1.58. The van der Waals surface area contributed by atoms with Gasteiger partial charge in [0.05, 0.1) is 6.10 Å². The van der Waals surface area contributed by atoms with Crippen molar-refractivity contribution in [2.45, 2.75) is 89.5 Å². The molecule has 4 aliphatic rings. The van der Waals surface area contributed by atoms with Crippen LogP contribution >= 0.6 is 0 Å². The third-order valence-electron chi connectivity index (χ3n) is 9.45. The number of aliphatic hydroxyl groups is 1. The first-order chi connectivity index (χ1) is 12.1. The van der Waals surface area contributed by atoms with Crippen LogP contribution in [0.3, 0.4) is 0 Å². The summed E-state index contributed by atoms with van der Waals surface area (Å²) in [7, 11) is 1.82. The maximum atomic E-state index is 13.4. The molecule has 0 amide bonds. The minimum absolute atomic E-state index is 0.00638. The highest BCUT2D eigenvalue weighted by Crippen LogP contribution is 2.67. The summed E-state index contributed by atoms with van der Waals surface area (Å²) in [5.41, 5.74) is -2.28. The summed E-state index contributed by atoms with van der Waals surface area (Å²) in [6.45, 7) is 4.61. The Morgan fingerprint density at radius 2 is 1.58 bits per heavy atom. The molecule has 150 valence electrons. The molecule has 0 aromatic rings. The molecule has 0 bridgehead atoms. The summed E-state index contributed by atoms with van der Waals surface area (Å²) in [5, 5.41) is 10.3. The molecule has 4 saturated carbocycles. The Morgan fingerprint density at radius 3 is 2.23 bits per heavy atom. The van der Waals surface area contributed by atoms with E-state index in [1.54, 1.807) is 0 Å². The van der Waals surface area contributed by atoms with Crippen molar-refractivity contribution in [2.24, 2.45) is 34.5 Å². The first-order valence-electron chi connectivity index (χ1n) is 10.4. The van der Waals surface area contributed by atoms with Gasteiger partial charge in [-0.3, -0.25) is 0 Å². The summed E-state index contributed by atoms with van der Waals surface area (Å²) in [4.78, 5) is 0. The van der Waals surface area contributed by atoms with Crippen molar-refractivity contribution < 1.29 is 23.0 Å². The van der Waals surface area contributed by atoms with Gasteiger partial charge >= 0.3 is 6.18 Å². The molecule has 0 unspecified atom stereocenters. The average molecular weight is 374 g/mol. The van der Waals surface area contributed by atoms with Crippen molar-refractivity contribution in [1.82, 2.24) is 0 Å². The minimum atomic E-state index is -4.51. The van der Waals surface area contributed by atoms with Crippen molar-refractivity contribution in [1.29, 1.82) is 0 Å². The van der Waals surface area contributed by atoms with Gasteiger partial charge in [-0.25, -0.2) is 0 Å². The van der Waals surface area contributed by atoms with Gasteiger partial charge in [0.15, 0.2) is 5.60 Å². The van der Waals surface area contributed by atoms with Crippen LogP contribution in [0.1, 0.15) is 71.6 Å². The van der Waals surface area contributed by atoms with Crippen molar-refractivity contribution in [3.05, 3.63) is 0 Å². The molecular formula is C21H33F3O2. The fraction of sp³-hybridized carbons (Fsp3) is 1.00. The number of rotatable bonds is 1. The molecule has 26 heavy (non-hydrogen) atoms. The molecule has 0 aromatic carbocycles. The molecule has 0 saturated heterocycles. The molecule has 2 nitrogen and oxygen atoms in total. The summed E-state index contributed by atoms with van der Waals surface area (Å²) < 4.78 is 46.0. The van der Waals surface area contributed by atoms with E-state index >= 15 is 0 Å². The van der Waals surface area contributed by atoms with Gasteiger partial charge in [-0.1, -0.05) is 13.8 Å². The first kappa shape index (κ1) is 19.0. The normalized spacial score (nSPS) is 54.3. The third kappa shape index (κ3) is 2.45. The van der Waals surface area contributed by atoms with E-state index in [-0.39, 0.29) is 29.6 Å². The minimum Gasteiger partial charge on any atom is -0.381 e. The van der Waals surface area contributed by atoms with Gasteiger partial charge in [0.25, 0.3) is 0 Å². The zero-order valence-corrected chi connectivity index (χ0v) is 16.2. The predicted molar refractivity (Wildman–Crippen MR) is 93.5 cm³/mol. The second kappa shape index (κ2) is 5.85. The fourth-order valence-corrected chi connectivity index (χ4v) is 7.84. The highest BCUT2D eigenvalue weighted by atomic mass is 19.4. The van der Waals surface area contributed by atoms with Crippen LogP contribution in [0.15, 0.2) is 0 Å². The van der Waals surface area contributed by atoms with Crippen LogP contribution in [-0.2, 0) is 4.74 Å². The number of ether oxygens (including phenoxy) is 1. The molecule has 4 aliphatic carbocycles. The van der Waals surface area contributed by atoms with Crippen LogP contribution in [0.25, 0.3) is 0 Å². The van der Waals surface area contributed by atoms with Crippen molar-refractivity contribution in [2.75, 3.05) is 7.11 Å². The second-order valence-electron chi connectivity index (χ2n) is 10.2. The van der Waals surface area contributed by atoms with Crippen LogP contribution < -0.4 is 0 Å². The maximum absolute atomic E-state index is 13.4. The second-order valence-corrected chi connectivity index (χ2v) is 10.2. The predicted octanol–water partition coefficient (Wildman–Crippen LogP) is 5.34. The number of alkyl halides is 3. The fourth-order valence-electron chi connectivity index (χ4n) is 7.84. The van der Waals surface area contributed by atoms with Crippen LogP contribution in [-0.4, -0.2) is 30.1 Å². The van der Waals surface area contributed by atoms with Crippen LogP contribution in [0.2, 0.25) is 0 Å². The van der Waals surface area contributed by atoms with Gasteiger partial charge in [-0.2, -0.15) is 13.2 Å². The van der Waals surface area contributed by atoms with Crippen LogP contribution in [0.4, 0.5) is 13.2 Å². The lowest BCUT2D eigenvalue weighted by atomic mass is 9.44. The van der Waals surface area contributed by atoms with Crippen LogP contribution in [0, 0.1) is 34.5 Å². The van der Waals surface area contributed by atoms with Crippen molar-refractivity contribution >= 4 is 0 Å². The third-order valence-corrected chi connectivity index (χ3v) is 9.45. The number of halogens is 3. The molecule has 0 heterocycles. The highest BCUT2D eigenvalue weighted by molar-refractivity contribution is 5.11. The molecule has 1 N–H and O–H groups in total. The van der Waals surface area contributed by atoms with Crippen molar-refractivity contribution in [3.8, 4) is 0 Å². The van der Waals surface area contributed by atoms with Gasteiger partial charge in [-0.05, 0) is 92.3 Å². The zero-order chi connectivity index (χ0) is 19.0. The highest BCUT2D eigenvalue weighted by Gasteiger charge is 2.65. The Bertz CT molecular complexity index is 564. The summed E-state index contributed by atoms with van der Waals surface area (Å²) in [6.07, 6.45) is 2.51. The zero-order valence-electron chi connectivity index (χ0n) is 16.2. The molecule has 4 fully saturated rings. The topological polar surface area (TPSA) is 29.5 Å². The first-order valence-corrected chi connectivity index (χ1v) is 10.4. The van der Waals surface area contributed by atoms with Gasteiger partial charge in [0, 0.05) is 7.11 Å². The summed E-state index contributed by atoms with van der Waals surface area (Å²) in [6, 6.07) is 0. The maximum Gasteiger partial charge on any atom is 0.417 e. The SMILES string of the molecule is CO[C@H]1CC[C@H]2[C@@H]3CC[C@@H]4C[C@@](O)(C(F)(F)F)CC[C@]4(C)[C@H]3CC[C@]12C. The number of fused-ring (bicyclic) bond motifs is 5. The van der Waals surface area contributed by atoms with E-state index in [9.17, 15) is 18.3 Å². The van der Waals surface area contributed by atoms with E-state index in [0.29, 0.717) is 30.3 Å². The van der Waals surface area contributed by atoms with E-state index in [1.807, 2.05) is 7.11 Å². The van der Waals surface area contributed by atoms with Gasteiger partial charge in [0.1, 0.15) is 0 Å². The monoisotopic (exact) mass is 374 g/mol. The number of methoxy groups -OCH3 is 1. The molecule has 4 rings (SSSR count). The lowest BCUT2D eigenvalue weighted by Gasteiger charge is -2.62. The van der Waals surface area contributed by atoms with Crippen LogP contribution in [0.5, 0.6) is 0 Å². The Kier molecular flexibility index (Phi) is 4.29. The van der Waals surface area contributed by atoms with Gasteiger partial charge < -0.3 is 9.84 Å². The van der Waals surface area contributed by atoms with Crippen molar-refractivity contribution in [3.63, 3.8) is 0 Å². The van der Waals surface area contributed by atoms with E-state index in [1.165, 1.54) is 6.42 Å². The van der Waals surface area contributed by atoms with E-state index in [0.717, 1.165) is 32.1 Å². The molecular weight excluding hydrogens is 341 g/mol. The Labute approximate surface area is 154 Å². The lowest BCUT2D eigenvalue weighted by molar-refractivity contribution is -0.290. The standard InChI is InChI=1S/C21H33F3O2/c1-18-10-11-20(25,21(22,23)24)12-13(18)4-5-14-15-6-7-17(26-3)19(15,2)9-8-16(14)18/h13-17,25H,4-12H2,1-3H3/t13-,14+,15+,16+,17+,18+,19+,20-/m1/s1. The van der Waals surface area contributed by atoms with E-state index < -0.39 is 11.8 Å². The average Bonchev–Trinajstić information content (AvgIpc) is 2.91. The molecule has 8 atom stereocenters. The molecule has 0 spiro atoms. The Morgan fingerprint density at radius 1 is 0.885 bits per heavy atom. The number of hydrogen-bond donors (Lipinski definition) is 1. The quantitative estimate of drug-likeness (QED) is 0.671.